The Morgan fingerprint density at radius 1 is 1.00 bits per heavy atom. The van der Waals surface area contributed by atoms with Crippen molar-refractivity contribution < 1.29 is 14.3 Å². The summed E-state index contributed by atoms with van der Waals surface area (Å²) in [5.41, 5.74) is 3.77. The summed E-state index contributed by atoms with van der Waals surface area (Å²) in [6.07, 6.45) is 4.00. The summed E-state index contributed by atoms with van der Waals surface area (Å²) in [5, 5.41) is 0. The van der Waals surface area contributed by atoms with Crippen LogP contribution >= 0.6 is 0 Å². The molecule has 2 aromatic carbocycles. The number of carbonyl (C=O) groups excluding carboxylic acids is 1. The average Bonchev–Trinajstić information content (AvgIpc) is 2.72. The summed E-state index contributed by atoms with van der Waals surface area (Å²) in [6.45, 7) is 14.6. The van der Waals surface area contributed by atoms with Gasteiger partial charge in [0, 0.05) is 12.5 Å². The van der Waals surface area contributed by atoms with Crippen molar-refractivity contribution in [3.05, 3.63) is 59.2 Å². The molecule has 30 heavy (non-hydrogen) atoms. The second kappa shape index (κ2) is 10.1. The van der Waals surface area contributed by atoms with Crippen molar-refractivity contribution in [3.63, 3.8) is 0 Å². The topological polar surface area (TPSA) is 35.5 Å². The van der Waals surface area contributed by atoms with Crippen LogP contribution in [0.4, 0.5) is 0 Å². The average molecular weight is 411 g/mol. The van der Waals surface area contributed by atoms with E-state index < -0.39 is 0 Å². The van der Waals surface area contributed by atoms with Crippen molar-refractivity contribution in [2.45, 2.75) is 66.7 Å². The van der Waals surface area contributed by atoms with Gasteiger partial charge in [-0.15, -0.1) is 0 Å². The van der Waals surface area contributed by atoms with E-state index in [-0.39, 0.29) is 5.41 Å². The minimum atomic E-state index is 0.226. The van der Waals surface area contributed by atoms with Gasteiger partial charge in [-0.05, 0) is 46.4 Å². The highest BCUT2D eigenvalue weighted by molar-refractivity contribution is 5.79. The molecule has 0 aromatic heterocycles. The first kappa shape index (κ1) is 24.0. The number of rotatable bonds is 10. The van der Waals surface area contributed by atoms with Crippen molar-refractivity contribution in [1.82, 2.24) is 0 Å². The number of aldehydes is 1. The van der Waals surface area contributed by atoms with Gasteiger partial charge in [-0.25, -0.2) is 0 Å². The quantitative estimate of drug-likeness (QED) is 0.392. The SMILES string of the molecule is CCC(C)(C)CC(c1ccc(CCOc2ccc(C=O)c(OC)c2)cc1)C(C)(C)C. The van der Waals surface area contributed by atoms with Crippen molar-refractivity contribution in [1.29, 1.82) is 0 Å². The lowest BCUT2D eigenvalue weighted by atomic mass is 9.68. The first-order valence-corrected chi connectivity index (χ1v) is 10.9. The van der Waals surface area contributed by atoms with Gasteiger partial charge >= 0.3 is 0 Å². The Hall–Kier alpha value is -2.29. The molecule has 1 unspecified atom stereocenters. The molecule has 0 saturated carbocycles. The van der Waals surface area contributed by atoms with Crippen molar-refractivity contribution in [3.8, 4) is 11.5 Å². The number of hydrogen-bond acceptors (Lipinski definition) is 3. The smallest absolute Gasteiger partial charge is 0.153 e. The maximum atomic E-state index is 11.0. The molecule has 3 nitrogen and oxygen atoms in total. The fraction of sp³-hybridized carbons (Fsp3) is 0.519. The van der Waals surface area contributed by atoms with Crippen molar-refractivity contribution in [2.24, 2.45) is 10.8 Å². The highest BCUT2D eigenvalue weighted by Crippen LogP contribution is 2.44. The monoisotopic (exact) mass is 410 g/mol. The molecule has 0 aliphatic carbocycles. The molecule has 0 radical (unpaired) electrons. The Kier molecular flexibility index (Phi) is 8.11. The summed E-state index contributed by atoms with van der Waals surface area (Å²) in [7, 11) is 1.56. The minimum absolute atomic E-state index is 0.226. The van der Waals surface area contributed by atoms with Gasteiger partial charge in [0.25, 0.3) is 0 Å². The molecule has 0 bridgehead atoms. The summed E-state index contributed by atoms with van der Waals surface area (Å²) >= 11 is 0. The predicted octanol–water partition coefficient (Wildman–Crippen LogP) is 7.09. The van der Waals surface area contributed by atoms with Gasteiger partial charge in [0.05, 0.1) is 19.3 Å². The lowest BCUT2D eigenvalue weighted by Crippen LogP contribution is -2.25. The normalized spacial score (nSPS) is 13.0. The number of benzene rings is 2. The third-order valence-electron chi connectivity index (χ3n) is 6.13. The van der Waals surface area contributed by atoms with E-state index in [1.165, 1.54) is 24.0 Å². The van der Waals surface area contributed by atoms with Gasteiger partial charge < -0.3 is 9.47 Å². The zero-order chi connectivity index (χ0) is 22.4. The number of ether oxygens (including phenoxy) is 2. The zero-order valence-corrected chi connectivity index (χ0v) is 19.7. The molecule has 0 heterocycles. The maximum Gasteiger partial charge on any atom is 0.153 e. The zero-order valence-electron chi connectivity index (χ0n) is 19.7. The lowest BCUT2D eigenvalue weighted by molar-refractivity contribution is 0.112. The number of hydrogen-bond donors (Lipinski definition) is 0. The Bertz CT molecular complexity index is 813. The molecule has 2 rings (SSSR count). The Morgan fingerprint density at radius 3 is 2.20 bits per heavy atom. The Morgan fingerprint density at radius 2 is 1.67 bits per heavy atom. The van der Waals surface area contributed by atoms with E-state index in [1.807, 2.05) is 0 Å². The van der Waals surface area contributed by atoms with Crippen molar-refractivity contribution >= 4 is 6.29 Å². The molecule has 0 amide bonds. The minimum Gasteiger partial charge on any atom is -0.496 e. The fourth-order valence-electron chi connectivity index (χ4n) is 3.70. The first-order chi connectivity index (χ1) is 14.1. The van der Waals surface area contributed by atoms with E-state index in [2.05, 4.69) is 65.8 Å². The molecule has 164 valence electrons. The molecule has 0 fully saturated rings. The van der Waals surface area contributed by atoms with Crippen LogP contribution in [0.5, 0.6) is 11.5 Å². The molecule has 2 aromatic rings. The van der Waals surface area contributed by atoms with Gasteiger partial charge in [0.2, 0.25) is 0 Å². The van der Waals surface area contributed by atoms with Crippen LogP contribution in [0.15, 0.2) is 42.5 Å². The highest BCUT2D eigenvalue weighted by atomic mass is 16.5. The van der Waals surface area contributed by atoms with E-state index in [0.29, 0.717) is 35.0 Å². The third kappa shape index (κ3) is 6.62. The van der Waals surface area contributed by atoms with Gasteiger partial charge in [-0.3, -0.25) is 4.79 Å². The largest absolute Gasteiger partial charge is 0.496 e. The second-order valence-electron chi connectivity index (χ2n) is 10.0. The van der Waals surface area contributed by atoms with Crippen molar-refractivity contribution in [2.75, 3.05) is 13.7 Å². The Balaban J connectivity index is 2.02. The lowest BCUT2D eigenvalue weighted by Gasteiger charge is -2.37. The maximum absolute atomic E-state index is 11.0. The second-order valence-corrected chi connectivity index (χ2v) is 10.0. The van der Waals surface area contributed by atoms with E-state index in [4.69, 9.17) is 9.47 Å². The van der Waals surface area contributed by atoms with Crippen LogP contribution in [0, 0.1) is 10.8 Å². The van der Waals surface area contributed by atoms with Crippen LogP contribution in [-0.4, -0.2) is 20.0 Å². The number of methoxy groups -OCH3 is 1. The Labute approximate surface area is 182 Å². The standard InChI is InChI=1S/C27H38O3/c1-8-27(5,6)18-24(26(2,3)4)21-11-9-20(10-12-21)15-16-30-23-14-13-22(19-28)25(17-23)29-7/h9-14,17,19,24H,8,15-16,18H2,1-7H3. The van der Waals surface area contributed by atoms with Crippen LogP contribution in [0.2, 0.25) is 0 Å². The first-order valence-electron chi connectivity index (χ1n) is 10.9. The molecule has 0 saturated heterocycles. The van der Waals surface area contributed by atoms with Crippen LogP contribution in [0.1, 0.15) is 81.8 Å². The van der Waals surface area contributed by atoms with E-state index >= 15 is 0 Å². The summed E-state index contributed by atoms with van der Waals surface area (Å²) in [5.74, 6) is 1.78. The van der Waals surface area contributed by atoms with Gasteiger partial charge in [-0.2, -0.15) is 0 Å². The highest BCUT2D eigenvalue weighted by Gasteiger charge is 2.31. The van der Waals surface area contributed by atoms with E-state index in [0.717, 1.165) is 12.7 Å². The van der Waals surface area contributed by atoms with Gasteiger partial charge in [0.15, 0.2) is 6.29 Å². The fourth-order valence-corrected chi connectivity index (χ4v) is 3.70. The summed E-state index contributed by atoms with van der Waals surface area (Å²) < 4.78 is 11.1. The molecule has 0 spiro atoms. The van der Waals surface area contributed by atoms with E-state index in [9.17, 15) is 4.79 Å². The van der Waals surface area contributed by atoms with Gasteiger partial charge in [0.1, 0.15) is 11.5 Å². The molecule has 3 heteroatoms. The van der Waals surface area contributed by atoms with E-state index in [1.54, 1.807) is 25.3 Å². The summed E-state index contributed by atoms with van der Waals surface area (Å²) in [6, 6.07) is 14.3. The van der Waals surface area contributed by atoms with Crippen LogP contribution < -0.4 is 9.47 Å². The molecule has 1 atom stereocenters. The predicted molar refractivity (Wildman–Crippen MR) is 125 cm³/mol. The van der Waals surface area contributed by atoms with Crippen LogP contribution in [0.25, 0.3) is 0 Å². The molecule has 0 N–H and O–H groups in total. The molecule has 0 aliphatic rings. The van der Waals surface area contributed by atoms with Crippen LogP contribution in [0.3, 0.4) is 0 Å². The molecule has 0 aliphatic heterocycles. The summed E-state index contributed by atoms with van der Waals surface area (Å²) in [4.78, 5) is 11.0. The molecular formula is C27H38O3. The van der Waals surface area contributed by atoms with Crippen LogP contribution in [-0.2, 0) is 6.42 Å². The number of carbonyl (C=O) groups is 1. The third-order valence-corrected chi connectivity index (χ3v) is 6.13. The molecular weight excluding hydrogens is 372 g/mol. The van der Waals surface area contributed by atoms with Gasteiger partial charge in [-0.1, -0.05) is 72.2 Å².